The van der Waals surface area contributed by atoms with Gasteiger partial charge >= 0.3 is 6.03 Å². The Morgan fingerprint density at radius 2 is 1.59 bits per heavy atom. The largest absolute Gasteiger partial charge is 0.337 e. The first-order valence-electron chi connectivity index (χ1n) is 9.86. The molecule has 152 valence electrons. The molecule has 2 N–H and O–H groups in total. The van der Waals surface area contributed by atoms with E-state index in [1.807, 2.05) is 60.4 Å². The standard InChI is InChI=1S/C23H28N4O2/c1-3-22(28)27-14-12-26(13-15-27)17-20-8-10-21(11-9-20)25-23(29)24-16-19-6-4-18(2)5-7-19/h3-11H,1,12-17H2,2H3,(H2,24,25,29). The number of carbonyl (C=O) groups is 2. The van der Waals surface area contributed by atoms with Gasteiger partial charge in [0.15, 0.2) is 0 Å². The number of urea groups is 1. The van der Waals surface area contributed by atoms with Gasteiger partial charge in [-0.1, -0.05) is 48.5 Å². The number of nitrogens with one attached hydrogen (secondary N) is 2. The molecule has 3 rings (SSSR count). The van der Waals surface area contributed by atoms with E-state index in [1.165, 1.54) is 17.2 Å². The Balaban J connectivity index is 1.42. The Morgan fingerprint density at radius 3 is 2.21 bits per heavy atom. The summed E-state index contributed by atoms with van der Waals surface area (Å²) in [6.45, 7) is 10.1. The Hall–Kier alpha value is -3.12. The average molecular weight is 393 g/mol. The van der Waals surface area contributed by atoms with Gasteiger partial charge in [-0.25, -0.2) is 4.79 Å². The van der Waals surface area contributed by atoms with Crippen LogP contribution in [-0.4, -0.2) is 47.9 Å². The molecule has 2 aromatic rings. The lowest BCUT2D eigenvalue weighted by molar-refractivity contribution is -0.127. The number of hydrogen-bond acceptors (Lipinski definition) is 3. The quantitative estimate of drug-likeness (QED) is 0.743. The minimum Gasteiger partial charge on any atom is -0.337 e. The third kappa shape index (κ3) is 6.19. The van der Waals surface area contributed by atoms with E-state index in [4.69, 9.17) is 0 Å². The van der Waals surface area contributed by atoms with Crippen molar-refractivity contribution in [2.75, 3.05) is 31.5 Å². The molecule has 2 aromatic carbocycles. The molecule has 1 heterocycles. The minimum absolute atomic E-state index is 0.000678. The second-order valence-electron chi connectivity index (χ2n) is 7.30. The molecule has 0 bridgehead atoms. The molecule has 1 saturated heterocycles. The molecule has 29 heavy (non-hydrogen) atoms. The van der Waals surface area contributed by atoms with Gasteiger partial charge < -0.3 is 15.5 Å². The van der Waals surface area contributed by atoms with Crippen LogP contribution in [-0.2, 0) is 17.9 Å². The van der Waals surface area contributed by atoms with Gasteiger partial charge in [0.05, 0.1) is 0 Å². The number of anilines is 1. The van der Waals surface area contributed by atoms with E-state index in [9.17, 15) is 9.59 Å². The summed E-state index contributed by atoms with van der Waals surface area (Å²) in [5.74, 6) is 0.000678. The lowest BCUT2D eigenvalue weighted by Gasteiger charge is -2.34. The van der Waals surface area contributed by atoms with Gasteiger partial charge in [0, 0.05) is 45.0 Å². The number of piperazine rings is 1. The van der Waals surface area contributed by atoms with Crippen LogP contribution < -0.4 is 10.6 Å². The maximum atomic E-state index is 12.1. The molecule has 0 spiro atoms. The van der Waals surface area contributed by atoms with Crippen LogP contribution in [0, 0.1) is 6.92 Å². The smallest absolute Gasteiger partial charge is 0.319 e. The Labute approximate surface area is 172 Å². The summed E-state index contributed by atoms with van der Waals surface area (Å²) in [5.41, 5.74) is 4.21. The Kier molecular flexibility index (Phi) is 7.03. The third-order valence-electron chi connectivity index (χ3n) is 5.05. The van der Waals surface area contributed by atoms with Crippen LogP contribution in [0.2, 0.25) is 0 Å². The van der Waals surface area contributed by atoms with Crippen LogP contribution >= 0.6 is 0 Å². The summed E-state index contributed by atoms with van der Waals surface area (Å²) < 4.78 is 0. The first-order chi connectivity index (χ1) is 14.0. The molecule has 0 aliphatic carbocycles. The second kappa shape index (κ2) is 9.89. The average Bonchev–Trinajstić information content (AvgIpc) is 2.75. The van der Waals surface area contributed by atoms with E-state index >= 15 is 0 Å². The highest BCUT2D eigenvalue weighted by Crippen LogP contribution is 2.13. The zero-order valence-electron chi connectivity index (χ0n) is 16.9. The van der Waals surface area contributed by atoms with Gasteiger partial charge in [0.2, 0.25) is 5.91 Å². The van der Waals surface area contributed by atoms with E-state index in [0.717, 1.165) is 44.0 Å². The highest BCUT2D eigenvalue weighted by Gasteiger charge is 2.19. The van der Waals surface area contributed by atoms with Crippen molar-refractivity contribution in [1.82, 2.24) is 15.1 Å². The van der Waals surface area contributed by atoms with E-state index < -0.39 is 0 Å². The third-order valence-corrected chi connectivity index (χ3v) is 5.05. The lowest BCUT2D eigenvalue weighted by atomic mass is 10.1. The highest BCUT2D eigenvalue weighted by molar-refractivity contribution is 5.89. The molecule has 1 fully saturated rings. The molecule has 6 nitrogen and oxygen atoms in total. The van der Waals surface area contributed by atoms with Gasteiger partial charge in [0.25, 0.3) is 0 Å². The van der Waals surface area contributed by atoms with Gasteiger partial charge in [-0.2, -0.15) is 0 Å². The molecule has 0 unspecified atom stereocenters. The summed E-state index contributed by atoms with van der Waals surface area (Å²) in [6, 6.07) is 15.7. The highest BCUT2D eigenvalue weighted by atomic mass is 16.2. The molecule has 6 heteroatoms. The molecule has 1 aliphatic heterocycles. The molecule has 0 atom stereocenters. The monoisotopic (exact) mass is 392 g/mol. The van der Waals surface area contributed by atoms with Crippen molar-refractivity contribution in [3.63, 3.8) is 0 Å². The van der Waals surface area contributed by atoms with E-state index in [0.29, 0.717) is 6.54 Å². The molecule has 3 amide bonds. The number of carbonyl (C=O) groups excluding carboxylic acids is 2. The summed E-state index contributed by atoms with van der Waals surface area (Å²) in [5, 5.41) is 5.73. The van der Waals surface area contributed by atoms with E-state index in [2.05, 4.69) is 22.1 Å². The van der Waals surface area contributed by atoms with Crippen LogP contribution in [0.5, 0.6) is 0 Å². The zero-order valence-corrected chi connectivity index (χ0v) is 16.9. The number of amides is 3. The fourth-order valence-corrected chi connectivity index (χ4v) is 3.27. The van der Waals surface area contributed by atoms with Gasteiger partial charge in [-0.05, 0) is 36.3 Å². The topological polar surface area (TPSA) is 64.7 Å². The first kappa shape index (κ1) is 20.6. The summed E-state index contributed by atoms with van der Waals surface area (Å²) in [6.07, 6.45) is 1.37. The lowest BCUT2D eigenvalue weighted by Crippen LogP contribution is -2.47. The Bertz CT molecular complexity index is 838. The van der Waals surface area contributed by atoms with Crippen molar-refractivity contribution in [2.45, 2.75) is 20.0 Å². The van der Waals surface area contributed by atoms with Gasteiger partial charge in [-0.15, -0.1) is 0 Å². The zero-order chi connectivity index (χ0) is 20.6. The molecule has 0 aromatic heterocycles. The number of benzene rings is 2. The predicted octanol–water partition coefficient (Wildman–Crippen LogP) is 3.15. The van der Waals surface area contributed by atoms with Gasteiger partial charge in [0.1, 0.15) is 0 Å². The van der Waals surface area contributed by atoms with Crippen molar-refractivity contribution in [2.24, 2.45) is 0 Å². The predicted molar refractivity (Wildman–Crippen MR) is 116 cm³/mol. The SMILES string of the molecule is C=CC(=O)N1CCN(Cc2ccc(NC(=O)NCc3ccc(C)cc3)cc2)CC1. The van der Waals surface area contributed by atoms with Gasteiger partial charge in [-0.3, -0.25) is 9.69 Å². The molecular formula is C23H28N4O2. The molecular weight excluding hydrogens is 364 g/mol. The molecule has 0 radical (unpaired) electrons. The Morgan fingerprint density at radius 1 is 0.966 bits per heavy atom. The summed E-state index contributed by atoms with van der Waals surface area (Å²) in [7, 11) is 0. The normalized spacial score (nSPS) is 14.3. The maximum Gasteiger partial charge on any atom is 0.319 e. The fraction of sp³-hybridized carbons (Fsp3) is 0.304. The van der Waals surface area contributed by atoms with Crippen molar-refractivity contribution in [1.29, 1.82) is 0 Å². The van der Waals surface area contributed by atoms with Crippen LogP contribution in [0.15, 0.2) is 61.2 Å². The minimum atomic E-state index is -0.221. The maximum absolute atomic E-state index is 12.1. The summed E-state index contributed by atoms with van der Waals surface area (Å²) in [4.78, 5) is 27.9. The number of hydrogen-bond donors (Lipinski definition) is 2. The first-order valence-corrected chi connectivity index (χ1v) is 9.86. The van der Waals surface area contributed by atoms with Crippen LogP contribution in [0.3, 0.4) is 0 Å². The van der Waals surface area contributed by atoms with Crippen molar-refractivity contribution >= 4 is 17.6 Å². The number of aryl methyl sites for hydroxylation is 1. The van der Waals surface area contributed by atoms with Crippen LogP contribution in [0.4, 0.5) is 10.5 Å². The van der Waals surface area contributed by atoms with Crippen LogP contribution in [0.25, 0.3) is 0 Å². The van der Waals surface area contributed by atoms with Crippen molar-refractivity contribution in [3.8, 4) is 0 Å². The van der Waals surface area contributed by atoms with Crippen LogP contribution in [0.1, 0.15) is 16.7 Å². The molecule has 1 aliphatic rings. The van der Waals surface area contributed by atoms with Crippen molar-refractivity contribution in [3.05, 3.63) is 77.9 Å². The van der Waals surface area contributed by atoms with E-state index in [-0.39, 0.29) is 11.9 Å². The fourth-order valence-electron chi connectivity index (χ4n) is 3.27. The summed E-state index contributed by atoms with van der Waals surface area (Å²) >= 11 is 0. The number of rotatable bonds is 6. The molecule has 0 saturated carbocycles. The number of nitrogens with zero attached hydrogens (tertiary/aromatic N) is 2. The van der Waals surface area contributed by atoms with E-state index in [1.54, 1.807) is 0 Å². The van der Waals surface area contributed by atoms with Crippen molar-refractivity contribution < 1.29 is 9.59 Å². The second-order valence-corrected chi connectivity index (χ2v) is 7.30.